The molecule has 0 amide bonds. The summed E-state index contributed by atoms with van der Waals surface area (Å²) in [5, 5.41) is 6.62. The summed E-state index contributed by atoms with van der Waals surface area (Å²) in [5.41, 5.74) is 16.0. The maximum atomic E-state index is 6.76. The van der Waals surface area contributed by atoms with E-state index in [9.17, 15) is 0 Å². The minimum absolute atomic E-state index is 0.847. The number of rotatable bonds is 7. The van der Waals surface area contributed by atoms with E-state index in [1.54, 1.807) is 0 Å². The average molecular weight is 780 g/mol. The van der Waals surface area contributed by atoms with Crippen molar-refractivity contribution in [3.05, 3.63) is 224 Å². The third-order valence-electron chi connectivity index (χ3n) is 12.1. The molecule has 10 aromatic carbocycles. The van der Waals surface area contributed by atoms with Crippen LogP contribution in [-0.2, 0) is 0 Å². The normalized spacial score (nSPS) is 11.6. The van der Waals surface area contributed by atoms with Gasteiger partial charge in [-0.1, -0.05) is 164 Å². The first-order chi connectivity index (χ1) is 30.2. The van der Waals surface area contributed by atoms with E-state index < -0.39 is 0 Å². The summed E-state index contributed by atoms with van der Waals surface area (Å²) >= 11 is 0. The Morgan fingerprint density at radius 1 is 0.295 bits per heavy atom. The largest absolute Gasteiger partial charge is 0.456 e. The highest BCUT2D eigenvalue weighted by atomic mass is 16.3. The maximum Gasteiger partial charge on any atom is 0.143 e. The standard InChI is InChI=1S/C58H37NO2/c1-3-14-38(15-4-1)42-29-33-45(50(36-42)39-16-5-2-6-17-39)41-26-31-44(32-27-41)59(53-23-13-25-56-57(53)49-34-28-40-18-7-8-20-47(40)58(49)61-56)52-22-11-9-19-46(52)43-30-35-55-51(37-43)48-21-10-12-24-54(48)60-55/h1-37H. The minimum atomic E-state index is 0.847. The first kappa shape index (κ1) is 34.9. The second kappa shape index (κ2) is 14.3. The molecule has 286 valence electrons. The van der Waals surface area contributed by atoms with Crippen molar-refractivity contribution in [3.63, 3.8) is 0 Å². The van der Waals surface area contributed by atoms with Crippen LogP contribution in [0.3, 0.4) is 0 Å². The highest BCUT2D eigenvalue weighted by Crippen LogP contribution is 2.48. The van der Waals surface area contributed by atoms with E-state index in [0.29, 0.717) is 0 Å². The van der Waals surface area contributed by atoms with Crippen LogP contribution in [0.4, 0.5) is 17.1 Å². The molecule has 0 spiro atoms. The lowest BCUT2D eigenvalue weighted by Crippen LogP contribution is -2.11. The Bertz CT molecular complexity index is 3580. The third-order valence-corrected chi connectivity index (χ3v) is 12.1. The number of benzene rings is 10. The number of hydrogen-bond acceptors (Lipinski definition) is 3. The summed E-state index contributed by atoms with van der Waals surface area (Å²) in [6.07, 6.45) is 0. The molecule has 0 unspecified atom stereocenters. The van der Waals surface area contributed by atoms with Gasteiger partial charge >= 0.3 is 0 Å². The summed E-state index contributed by atoms with van der Waals surface area (Å²) < 4.78 is 13.0. The molecule has 2 aromatic heterocycles. The van der Waals surface area contributed by atoms with Crippen molar-refractivity contribution in [1.82, 2.24) is 0 Å². The molecular formula is C58H37NO2. The molecule has 3 heteroatoms. The number of anilines is 3. The van der Waals surface area contributed by atoms with Crippen LogP contribution in [0.5, 0.6) is 0 Å². The lowest BCUT2D eigenvalue weighted by Gasteiger charge is -2.29. The summed E-state index contributed by atoms with van der Waals surface area (Å²) in [4.78, 5) is 2.40. The molecule has 3 nitrogen and oxygen atoms in total. The maximum absolute atomic E-state index is 6.76. The van der Waals surface area contributed by atoms with Crippen molar-refractivity contribution >= 4 is 71.7 Å². The van der Waals surface area contributed by atoms with Crippen LogP contribution in [0.15, 0.2) is 233 Å². The molecule has 0 saturated carbocycles. The lowest BCUT2D eigenvalue weighted by atomic mass is 9.91. The van der Waals surface area contributed by atoms with E-state index in [2.05, 4.69) is 217 Å². The molecule has 0 aliphatic heterocycles. The summed E-state index contributed by atoms with van der Waals surface area (Å²) in [5.74, 6) is 0. The fourth-order valence-corrected chi connectivity index (χ4v) is 9.19. The van der Waals surface area contributed by atoms with Gasteiger partial charge in [0.25, 0.3) is 0 Å². The summed E-state index contributed by atoms with van der Waals surface area (Å²) in [6, 6.07) is 80.0. The van der Waals surface area contributed by atoms with Crippen LogP contribution in [0.2, 0.25) is 0 Å². The molecule has 0 fully saturated rings. The molecular weight excluding hydrogens is 743 g/mol. The van der Waals surface area contributed by atoms with Crippen molar-refractivity contribution in [3.8, 4) is 44.5 Å². The first-order valence-electron chi connectivity index (χ1n) is 20.7. The molecule has 0 atom stereocenters. The van der Waals surface area contributed by atoms with Crippen LogP contribution in [0, 0.1) is 0 Å². The van der Waals surface area contributed by atoms with E-state index in [1.165, 1.54) is 27.8 Å². The second-order valence-electron chi connectivity index (χ2n) is 15.6. The molecule has 12 rings (SSSR count). The van der Waals surface area contributed by atoms with E-state index in [-0.39, 0.29) is 0 Å². The quantitative estimate of drug-likeness (QED) is 0.161. The van der Waals surface area contributed by atoms with Gasteiger partial charge in [-0.05, 0) is 105 Å². The highest BCUT2D eigenvalue weighted by Gasteiger charge is 2.23. The van der Waals surface area contributed by atoms with Gasteiger partial charge in [-0.25, -0.2) is 0 Å². The Labute approximate surface area is 353 Å². The molecule has 0 aliphatic carbocycles. The predicted molar refractivity (Wildman–Crippen MR) is 255 cm³/mol. The van der Waals surface area contributed by atoms with Gasteiger partial charge in [-0.2, -0.15) is 0 Å². The smallest absolute Gasteiger partial charge is 0.143 e. The highest BCUT2D eigenvalue weighted by molar-refractivity contribution is 6.20. The Kier molecular flexibility index (Phi) is 8.17. The van der Waals surface area contributed by atoms with Gasteiger partial charge in [0, 0.05) is 32.8 Å². The van der Waals surface area contributed by atoms with Crippen LogP contribution in [0.1, 0.15) is 0 Å². The van der Waals surface area contributed by atoms with Gasteiger partial charge < -0.3 is 13.7 Å². The van der Waals surface area contributed by atoms with Crippen molar-refractivity contribution in [2.45, 2.75) is 0 Å². The van der Waals surface area contributed by atoms with E-state index in [1.807, 2.05) is 12.1 Å². The topological polar surface area (TPSA) is 29.5 Å². The Hall–Kier alpha value is -8.14. The number of furan rings is 2. The van der Waals surface area contributed by atoms with Gasteiger partial charge in [-0.3, -0.25) is 0 Å². The molecule has 0 N–H and O–H groups in total. The van der Waals surface area contributed by atoms with Gasteiger partial charge in [0.1, 0.15) is 22.3 Å². The van der Waals surface area contributed by atoms with Gasteiger partial charge in [0.2, 0.25) is 0 Å². The van der Waals surface area contributed by atoms with Crippen molar-refractivity contribution < 1.29 is 8.83 Å². The van der Waals surface area contributed by atoms with E-state index >= 15 is 0 Å². The number of hydrogen-bond donors (Lipinski definition) is 0. The fraction of sp³-hybridized carbons (Fsp3) is 0. The molecule has 12 aromatic rings. The van der Waals surface area contributed by atoms with Crippen LogP contribution < -0.4 is 4.90 Å². The second-order valence-corrected chi connectivity index (χ2v) is 15.6. The average Bonchev–Trinajstić information content (AvgIpc) is 3.91. The Morgan fingerprint density at radius 2 is 0.934 bits per heavy atom. The zero-order valence-corrected chi connectivity index (χ0v) is 33.1. The number of fused-ring (bicyclic) bond motifs is 8. The predicted octanol–water partition coefficient (Wildman–Crippen LogP) is 16.8. The van der Waals surface area contributed by atoms with Crippen molar-refractivity contribution in [1.29, 1.82) is 0 Å². The zero-order valence-electron chi connectivity index (χ0n) is 33.1. The van der Waals surface area contributed by atoms with Gasteiger partial charge in [-0.15, -0.1) is 0 Å². The molecule has 0 radical (unpaired) electrons. The van der Waals surface area contributed by atoms with Gasteiger partial charge in [0.05, 0.1) is 16.8 Å². The first-order valence-corrected chi connectivity index (χ1v) is 20.7. The number of para-hydroxylation sites is 2. The van der Waals surface area contributed by atoms with Crippen LogP contribution >= 0.6 is 0 Å². The van der Waals surface area contributed by atoms with E-state index in [4.69, 9.17) is 8.83 Å². The monoisotopic (exact) mass is 779 g/mol. The van der Waals surface area contributed by atoms with Crippen molar-refractivity contribution in [2.75, 3.05) is 4.90 Å². The Balaban J connectivity index is 1.06. The molecule has 61 heavy (non-hydrogen) atoms. The SMILES string of the molecule is c1ccc(-c2ccc(-c3ccc(N(c4ccccc4-c4ccc5oc6ccccc6c5c4)c4cccc5oc6c7ccccc7ccc6c45)cc3)c(-c3ccccc3)c2)cc1. The lowest BCUT2D eigenvalue weighted by molar-refractivity contribution is 0.669. The molecule has 0 bridgehead atoms. The van der Waals surface area contributed by atoms with Crippen LogP contribution in [-0.4, -0.2) is 0 Å². The minimum Gasteiger partial charge on any atom is -0.456 e. The summed E-state index contributed by atoms with van der Waals surface area (Å²) in [6.45, 7) is 0. The van der Waals surface area contributed by atoms with Crippen molar-refractivity contribution in [2.24, 2.45) is 0 Å². The summed E-state index contributed by atoms with van der Waals surface area (Å²) in [7, 11) is 0. The zero-order chi connectivity index (χ0) is 40.3. The van der Waals surface area contributed by atoms with Crippen LogP contribution in [0.25, 0.3) is 99.2 Å². The van der Waals surface area contributed by atoms with E-state index in [0.717, 1.165) is 88.4 Å². The molecule has 0 saturated heterocycles. The molecule has 0 aliphatic rings. The Morgan fingerprint density at radius 3 is 1.79 bits per heavy atom. The molecule has 2 heterocycles. The number of nitrogens with zero attached hydrogens (tertiary/aromatic N) is 1. The fourth-order valence-electron chi connectivity index (χ4n) is 9.19. The van der Waals surface area contributed by atoms with Gasteiger partial charge in [0.15, 0.2) is 0 Å². The third kappa shape index (κ3) is 5.90.